The number of anilines is 4. The van der Waals surface area contributed by atoms with Crippen LogP contribution in [-0.2, 0) is 9.47 Å². The van der Waals surface area contributed by atoms with E-state index in [1.807, 2.05) is 25.0 Å². The first-order valence-electron chi connectivity index (χ1n) is 10.7. The lowest BCUT2D eigenvalue weighted by Gasteiger charge is -2.32. The van der Waals surface area contributed by atoms with Gasteiger partial charge in [0.2, 0.25) is 5.95 Å². The summed E-state index contributed by atoms with van der Waals surface area (Å²) in [6.07, 6.45) is 2.90. The van der Waals surface area contributed by atoms with Crippen LogP contribution >= 0.6 is 24.8 Å². The molecule has 184 valence electrons. The Morgan fingerprint density at radius 3 is 2.76 bits per heavy atom. The van der Waals surface area contributed by atoms with Crippen LogP contribution in [0.5, 0.6) is 0 Å². The first-order chi connectivity index (χ1) is 15.1. The van der Waals surface area contributed by atoms with Gasteiger partial charge in [0.1, 0.15) is 23.5 Å². The van der Waals surface area contributed by atoms with Gasteiger partial charge in [-0.25, -0.2) is 15.0 Å². The van der Waals surface area contributed by atoms with E-state index in [0.717, 1.165) is 31.0 Å². The van der Waals surface area contributed by atoms with Gasteiger partial charge in [0.05, 0.1) is 13.2 Å². The summed E-state index contributed by atoms with van der Waals surface area (Å²) in [7, 11) is 3.69. The fourth-order valence-electron chi connectivity index (χ4n) is 4.01. The fraction of sp³-hybridized carbons (Fsp3) is 0.600. The number of nitrogens with zero attached hydrogens (tertiary/aromatic N) is 7. The van der Waals surface area contributed by atoms with E-state index in [1.54, 1.807) is 13.3 Å². The topological polar surface area (TPSA) is 104 Å². The monoisotopic (exact) mass is 501 g/mol. The molecule has 11 nitrogen and oxygen atoms in total. The van der Waals surface area contributed by atoms with Crippen molar-refractivity contribution in [3.8, 4) is 0 Å². The molecule has 0 aliphatic carbocycles. The Hall–Kier alpha value is -2.02. The Balaban J connectivity index is 0.00000193. The lowest BCUT2D eigenvalue weighted by Crippen LogP contribution is -2.49. The second kappa shape index (κ2) is 12.4. The number of nitrogens with one attached hydrogen (secondary N) is 2. The molecule has 13 heteroatoms. The highest BCUT2D eigenvalue weighted by molar-refractivity contribution is 5.85. The Bertz CT molecular complexity index is 880. The molecule has 4 rings (SSSR count). The normalized spacial score (nSPS) is 20.1. The number of aromatic nitrogens is 4. The van der Waals surface area contributed by atoms with Crippen molar-refractivity contribution in [1.29, 1.82) is 0 Å². The van der Waals surface area contributed by atoms with Gasteiger partial charge in [0.15, 0.2) is 12.0 Å². The molecule has 2 aromatic heterocycles. The largest absolute Gasteiger partial charge is 0.380 e. The van der Waals surface area contributed by atoms with Crippen molar-refractivity contribution >= 4 is 48.1 Å². The number of hydrazine groups is 1. The van der Waals surface area contributed by atoms with Crippen LogP contribution in [0.3, 0.4) is 0 Å². The Labute approximate surface area is 207 Å². The van der Waals surface area contributed by atoms with Crippen LogP contribution in [0.2, 0.25) is 0 Å². The molecule has 2 aliphatic rings. The molecule has 0 saturated carbocycles. The number of hydrogen-bond donors (Lipinski definition) is 2. The standard InChI is InChI=1S/C20H31N9O2.2ClH/c1-5-31-11-10-29-17-16(19(30-4)27(29)3)25-20(28-9-8-22-14(2)12-28)26-18(17)24-15-6-7-21-13-23-15;;/h6-7,13-14,19,22H,5,8-12H2,1-4H3,(H,21,23,24,25,26);2*1H/t14-,19?;;/m1../s1. The summed E-state index contributed by atoms with van der Waals surface area (Å²) >= 11 is 0. The molecule has 0 amide bonds. The second-order valence-corrected chi connectivity index (χ2v) is 7.61. The third kappa shape index (κ3) is 5.92. The predicted molar refractivity (Wildman–Crippen MR) is 133 cm³/mol. The molecule has 2 atom stereocenters. The Kier molecular flexibility index (Phi) is 10.3. The zero-order valence-corrected chi connectivity index (χ0v) is 21.0. The summed E-state index contributed by atoms with van der Waals surface area (Å²) in [5, 5.41) is 11.0. The van der Waals surface area contributed by atoms with Gasteiger partial charge in [-0.3, -0.25) is 5.01 Å². The molecule has 2 aromatic rings. The third-order valence-corrected chi connectivity index (χ3v) is 5.47. The van der Waals surface area contributed by atoms with Crippen LogP contribution in [0.4, 0.5) is 23.3 Å². The maximum absolute atomic E-state index is 5.82. The minimum absolute atomic E-state index is 0. The molecule has 1 unspecified atom stereocenters. The average Bonchev–Trinajstić information content (AvgIpc) is 3.05. The molecular formula is C20H33Cl2N9O2. The third-order valence-electron chi connectivity index (χ3n) is 5.47. The lowest BCUT2D eigenvalue weighted by molar-refractivity contribution is -0.0177. The van der Waals surface area contributed by atoms with E-state index in [4.69, 9.17) is 19.4 Å². The minimum atomic E-state index is -0.315. The van der Waals surface area contributed by atoms with Crippen molar-refractivity contribution in [2.45, 2.75) is 26.1 Å². The van der Waals surface area contributed by atoms with E-state index in [1.165, 1.54) is 6.33 Å². The van der Waals surface area contributed by atoms with Crippen LogP contribution in [0.1, 0.15) is 25.8 Å². The second-order valence-electron chi connectivity index (χ2n) is 7.61. The van der Waals surface area contributed by atoms with Crippen LogP contribution in [-0.4, -0.2) is 84.5 Å². The highest BCUT2D eigenvalue weighted by Gasteiger charge is 2.39. The maximum Gasteiger partial charge on any atom is 0.227 e. The highest BCUT2D eigenvalue weighted by Crippen LogP contribution is 2.43. The van der Waals surface area contributed by atoms with E-state index >= 15 is 0 Å². The molecule has 33 heavy (non-hydrogen) atoms. The number of ether oxygens (including phenoxy) is 2. The van der Waals surface area contributed by atoms with Crippen molar-refractivity contribution in [2.24, 2.45) is 0 Å². The van der Waals surface area contributed by atoms with Crippen molar-refractivity contribution in [1.82, 2.24) is 30.3 Å². The average molecular weight is 502 g/mol. The Morgan fingerprint density at radius 2 is 2.09 bits per heavy atom. The van der Waals surface area contributed by atoms with Crippen molar-refractivity contribution in [2.75, 3.05) is 68.8 Å². The maximum atomic E-state index is 5.82. The highest BCUT2D eigenvalue weighted by atomic mass is 35.5. The minimum Gasteiger partial charge on any atom is -0.380 e. The van der Waals surface area contributed by atoms with E-state index in [0.29, 0.717) is 43.4 Å². The van der Waals surface area contributed by atoms with Crippen molar-refractivity contribution in [3.63, 3.8) is 0 Å². The number of halogens is 2. The van der Waals surface area contributed by atoms with Gasteiger partial charge < -0.3 is 25.0 Å². The molecule has 2 N–H and O–H groups in total. The first kappa shape index (κ1) is 27.2. The van der Waals surface area contributed by atoms with Gasteiger partial charge in [-0.2, -0.15) is 9.99 Å². The summed E-state index contributed by atoms with van der Waals surface area (Å²) in [6, 6.07) is 2.19. The van der Waals surface area contributed by atoms with Crippen molar-refractivity contribution < 1.29 is 9.47 Å². The van der Waals surface area contributed by atoms with Gasteiger partial charge in [-0.1, -0.05) is 0 Å². The van der Waals surface area contributed by atoms with Gasteiger partial charge in [-0.15, -0.1) is 24.8 Å². The smallest absolute Gasteiger partial charge is 0.227 e. The summed E-state index contributed by atoms with van der Waals surface area (Å²) in [4.78, 5) is 20.4. The fourth-order valence-corrected chi connectivity index (χ4v) is 4.01. The Morgan fingerprint density at radius 1 is 1.27 bits per heavy atom. The molecule has 0 radical (unpaired) electrons. The number of hydrogen-bond acceptors (Lipinski definition) is 11. The molecular weight excluding hydrogens is 469 g/mol. The molecule has 0 spiro atoms. The number of methoxy groups -OCH3 is 1. The summed E-state index contributed by atoms with van der Waals surface area (Å²) in [6.45, 7) is 8.64. The van der Waals surface area contributed by atoms with Gasteiger partial charge >= 0.3 is 0 Å². The summed E-state index contributed by atoms with van der Waals surface area (Å²) in [5.74, 6) is 2.04. The molecule has 1 fully saturated rings. The summed E-state index contributed by atoms with van der Waals surface area (Å²) < 4.78 is 11.4. The van der Waals surface area contributed by atoms with Crippen LogP contribution < -0.4 is 20.5 Å². The van der Waals surface area contributed by atoms with E-state index in [-0.39, 0.29) is 31.0 Å². The quantitative estimate of drug-likeness (QED) is 0.518. The molecule has 2 aliphatic heterocycles. The van der Waals surface area contributed by atoms with Gasteiger partial charge in [0.25, 0.3) is 0 Å². The molecule has 0 bridgehead atoms. The zero-order valence-electron chi connectivity index (χ0n) is 19.4. The lowest BCUT2D eigenvalue weighted by atomic mass is 10.2. The number of rotatable bonds is 8. The summed E-state index contributed by atoms with van der Waals surface area (Å²) in [5.41, 5.74) is 1.70. The zero-order chi connectivity index (χ0) is 21.8. The first-order valence-corrected chi connectivity index (χ1v) is 10.7. The molecule has 0 aromatic carbocycles. The van der Waals surface area contributed by atoms with Crippen molar-refractivity contribution in [3.05, 3.63) is 24.3 Å². The van der Waals surface area contributed by atoms with Gasteiger partial charge in [-0.05, 0) is 19.9 Å². The number of fused-ring (bicyclic) bond motifs is 1. The van der Waals surface area contributed by atoms with Crippen LogP contribution in [0.15, 0.2) is 18.6 Å². The molecule has 1 saturated heterocycles. The predicted octanol–water partition coefficient (Wildman–Crippen LogP) is 2.00. The molecule has 4 heterocycles. The van der Waals surface area contributed by atoms with Crippen LogP contribution in [0, 0.1) is 0 Å². The van der Waals surface area contributed by atoms with Crippen LogP contribution in [0.25, 0.3) is 0 Å². The van der Waals surface area contributed by atoms with E-state index < -0.39 is 0 Å². The SMILES string of the molecule is CCOCCN1c2c(Nc3ccncn3)nc(N3CCN[C@H](C)C3)nc2C(OC)N1C.Cl.Cl. The van der Waals surface area contributed by atoms with Gasteiger partial charge in [0, 0.05) is 52.6 Å². The number of piperazine rings is 1. The van der Waals surface area contributed by atoms with E-state index in [9.17, 15) is 0 Å². The van der Waals surface area contributed by atoms with E-state index in [2.05, 4.69) is 37.4 Å².